The first-order chi connectivity index (χ1) is 10.2. The molecule has 3 rings (SSSR count). The van der Waals surface area contributed by atoms with Crippen molar-refractivity contribution in [2.45, 2.75) is 31.7 Å². The van der Waals surface area contributed by atoms with Crippen molar-refractivity contribution in [1.82, 2.24) is 10.6 Å². The van der Waals surface area contributed by atoms with Gasteiger partial charge in [-0.2, -0.15) is 0 Å². The zero-order valence-electron chi connectivity index (χ0n) is 12.4. The predicted molar refractivity (Wildman–Crippen MR) is 89.9 cm³/mol. The Morgan fingerprint density at radius 2 is 2.05 bits per heavy atom. The van der Waals surface area contributed by atoms with E-state index in [1.54, 1.807) is 0 Å². The highest BCUT2D eigenvalue weighted by Crippen LogP contribution is 2.34. The van der Waals surface area contributed by atoms with Gasteiger partial charge in [-0.15, -0.1) is 12.4 Å². The van der Waals surface area contributed by atoms with Gasteiger partial charge in [0.05, 0.1) is 12.6 Å². The molecule has 0 spiro atoms. The van der Waals surface area contributed by atoms with Crippen LogP contribution in [0.1, 0.15) is 37.3 Å². The molecule has 0 aliphatic carbocycles. The highest BCUT2D eigenvalue weighted by molar-refractivity contribution is 6.30. The minimum atomic E-state index is 0. The van der Waals surface area contributed by atoms with Crippen LogP contribution < -0.4 is 15.4 Å². The van der Waals surface area contributed by atoms with Gasteiger partial charge in [-0.25, -0.2) is 0 Å². The summed E-state index contributed by atoms with van der Waals surface area (Å²) in [5.74, 6) is 1.10. The smallest absolute Gasteiger partial charge is 0.223 e. The summed E-state index contributed by atoms with van der Waals surface area (Å²) in [6.45, 7) is 2.53. The third-order valence-corrected chi connectivity index (χ3v) is 4.51. The Morgan fingerprint density at radius 1 is 1.27 bits per heavy atom. The molecule has 2 aliphatic heterocycles. The van der Waals surface area contributed by atoms with Gasteiger partial charge in [0.25, 0.3) is 0 Å². The van der Waals surface area contributed by atoms with Crippen molar-refractivity contribution < 1.29 is 9.53 Å². The van der Waals surface area contributed by atoms with Gasteiger partial charge >= 0.3 is 0 Å². The van der Waals surface area contributed by atoms with Crippen LogP contribution in [0.3, 0.4) is 0 Å². The molecular formula is C16H22Cl2N2O2. The van der Waals surface area contributed by atoms with Gasteiger partial charge < -0.3 is 15.4 Å². The van der Waals surface area contributed by atoms with Crippen molar-refractivity contribution in [2.75, 3.05) is 19.7 Å². The van der Waals surface area contributed by atoms with Gasteiger partial charge in [-0.3, -0.25) is 4.79 Å². The van der Waals surface area contributed by atoms with Crippen molar-refractivity contribution in [1.29, 1.82) is 0 Å². The number of hydrogen-bond donors (Lipinski definition) is 2. The largest absolute Gasteiger partial charge is 0.493 e. The van der Waals surface area contributed by atoms with Crippen LogP contribution in [0.15, 0.2) is 18.2 Å². The molecule has 2 heterocycles. The molecule has 1 fully saturated rings. The number of amides is 1. The van der Waals surface area contributed by atoms with E-state index in [1.807, 2.05) is 18.2 Å². The summed E-state index contributed by atoms with van der Waals surface area (Å²) in [5, 5.41) is 7.17. The molecule has 2 N–H and O–H groups in total. The molecule has 1 unspecified atom stereocenters. The van der Waals surface area contributed by atoms with Crippen LogP contribution in [0, 0.1) is 5.92 Å². The monoisotopic (exact) mass is 344 g/mol. The van der Waals surface area contributed by atoms with E-state index in [4.69, 9.17) is 16.3 Å². The third-order valence-electron chi connectivity index (χ3n) is 4.27. The normalized spacial score (nSPS) is 21.8. The summed E-state index contributed by atoms with van der Waals surface area (Å²) in [6.07, 6.45) is 3.68. The maximum Gasteiger partial charge on any atom is 0.223 e. The first kappa shape index (κ1) is 17.4. The first-order valence-electron chi connectivity index (χ1n) is 7.67. The molecule has 0 bridgehead atoms. The minimum absolute atomic E-state index is 0. The molecule has 1 amide bonds. The van der Waals surface area contributed by atoms with E-state index in [-0.39, 0.29) is 30.3 Å². The molecule has 1 aromatic carbocycles. The number of fused-ring (bicyclic) bond motifs is 1. The minimum Gasteiger partial charge on any atom is -0.493 e. The van der Waals surface area contributed by atoms with Crippen LogP contribution in [0.25, 0.3) is 0 Å². The number of nitrogens with one attached hydrogen (secondary N) is 2. The number of halogens is 2. The van der Waals surface area contributed by atoms with Crippen molar-refractivity contribution in [3.8, 4) is 5.75 Å². The Balaban J connectivity index is 0.00000176. The zero-order valence-corrected chi connectivity index (χ0v) is 14.0. The van der Waals surface area contributed by atoms with Gasteiger partial charge in [0.15, 0.2) is 0 Å². The molecule has 122 valence electrons. The van der Waals surface area contributed by atoms with E-state index >= 15 is 0 Å². The maximum atomic E-state index is 12.4. The number of carbonyl (C=O) groups is 1. The molecule has 0 aromatic heterocycles. The maximum absolute atomic E-state index is 12.4. The fourth-order valence-electron chi connectivity index (χ4n) is 3.07. The van der Waals surface area contributed by atoms with Crippen molar-refractivity contribution in [3.05, 3.63) is 28.8 Å². The number of benzene rings is 1. The summed E-state index contributed by atoms with van der Waals surface area (Å²) in [6, 6.07) is 5.70. The summed E-state index contributed by atoms with van der Waals surface area (Å²) in [4.78, 5) is 12.4. The lowest BCUT2D eigenvalue weighted by Crippen LogP contribution is -2.39. The van der Waals surface area contributed by atoms with Gasteiger partial charge in [0, 0.05) is 16.5 Å². The van der Waals surface area contributed by atoms with E-state index in [1.165, 1.54) is 0 Å². The molecule has 2 aliphatic rings. The number of rotatable bonds is 2. The van der Waals surface area contributed by atoms with Gasteiger partial charge in [-0.1, -0.05) is 17.7 Å². The van der Waals surface area contributed by atoms with Crippen molar-refractivity contribution in [2.24, 2.45) is 5.92 Å². The molecule has 0 radical (unpaired) electrons. The Kier molecular flexibility index (Phi) is 6.36. The van der Waals surface area contributed by atoms with Crippen LogP contribution in [0.5, 0.6) is 5.75 Å². The van der Waals surface area contributed by atoms with E-state index in [0.717, 1.165) is 50.1 Å². The Morgan fingerprint density at radius 3 is 2.82 bits per heavy atom. The lowest BCUT2D eigenvalue weighted by Gasteiger charge is -2.25. The molecule has 1 saturated heterocycles. The molecule has 22 heavy (non-hydrogen) atoms. The number of hydrogen-bond acceptors (Lipinski definition) is 3. The molecule has 6 heteroatoms. The van der Waals surface area contributed by atoms with Crippen LogP contribution >= 0.6 is 24.0 Å². The van der Waals surface area contributed by atoms with Crippen LogP contribution in [0.4, 0.5) is 0 Å². The molecule has 4 nitrogen and oxygen atoms in total. The predicted octanol–water partition coefficient (Wildman–Crippen LogP) is 3.09. The standard InChI is InChI=1S/C16H21ClN2O2.ClH/c17-12-3-4-13-14(2-1-9-21-15(13)10-12)19-16(20)11-5-7-18-8-6-11;/h3-4,10-11,14,18H,1-2,5-9H2,(H,19,20);1H. The first-order valence-corrected chi connectivity index (χ1v) is 8.05. The van der Waals surface area contributed by atoms with E-state index in [0.29, 0.717) is 11.6 Å². The SMILES string of the molecule is Cl.O=C(NC1CCCOc2cc(Cl)ccc21)C1CCNCC1. The second-order valence-corrected chi connectivity index (χ2v) is 6.19. The molecule has 0 saturated carbocycles. The highest BCUT2D eigenvalue weighted by atomic mass is 35.5. The second kappa shape index (κ2) is 8.04. The number of piperidine rings is 1. The molecular weight excluding hydrogens is 323 g/mol. The number of carbonyl (C=O) groups excluding carboxylic acids is 1. The lowest BCUT2D eigenvalue weighted by molar-refractivity contribution is -0.126. The number of ether oxygens (including phenoxy) is 1. The van der Waals surface area contributed by atoms with Crippen molar-refractivity contribution in [3.63, 3.8) is 0 Å². The fraction of sp³-hybridized carbons (Fsp3) is 0.562. The Labute approximate surface area is 142 Å². The average molecular weight is 345 g/mol. The van der Waals surface area contributed by atoms with Gasteiger partial charge in [0.2, 0.25) is 5.91 Å². The Hall–Kier alpha value is -0.970. The lowest BCUT2D eigenvalue weighted by atomic mass is 9.95. The van der Waals surface area contributed by atoms with Gasteiger partial charge in [0.1, 0.15) is 5.75 Å². The quantitative estimate of drug-likeness (QED) is 0.866. The van der Waals surface area contributed by atoms with Crippen molar-refractivity contribution >= 4 is 29.9 Å². The average Bonchev–Trinajstić information content (AvgIpc) is 2.70. The summed E-state index contributed by atoms with van der Waals surface area (Å²) in [7, 11) is 0. The van der Waals surface area contributed by atoms with Crippen LogP contribution in [0.2, 0.25) is 5.02 Å². The third kappa shape index (κ3) is 4.06. The fourth-order valence-corrected chi connectivity index (χ4v) is 3.23. The molecule has 1 atom stereocenters. The summed E-state index contributed by atoms with van der Waals surface area (Å²) in [5.41, 5.74) is 1.04. The summed E-state index contributed by atoms with van der Waals surface area (Å²) < 4.78 is 5.74. The topological polar surface area (TPSA) is 50.4 Å². The van der Waals surface area contributed by atoms with Crippen LogP contribution in [-0.4, -0.2) is 25.6 Å². The van der Waals surface area contributed by atoms with E-state index in [2.05, 4.69) is 10.6 Å². The van der Waals surface area contributed by atoms with E-state index < -0.39 is 0 Å². The zero-order chi connectivity index (χ0) is 14.7. The molecule has 1 aromatic rings. The summed E-state index contributed by atoms with van der Waals surface area (Å²) >= 11 is 6.03. The second-order valence-electron chi connectivity index (χ2n) is 5.76. The van der Waals surface area contributed by atoms with E-state index in [9.17, 15) is 4.79 Å². The Bertz CT molecular complexity index is 519. The van der Waals surface area contributed by atoms with Gasteiger partial charge in [-0.05, 0) is 50.9 Å². The van der Waals surface area contributed by atoms with Crippen LogP contribution in [-0.2, 0) is 4.79 Å². The highest BCUT2D eigenvalue weighted by Gasteiger charge is 2.26.